The molecular weight excluding hydrogens is 813 g/mol. The number of nitrogens with zero attached hydrogens (tertiary/aromatic N) is 2. The topological polar surface area (TPSA) is 136 Å². The fourth-order valence-corrected chi connectivity index (χ4v) is 8.31. The molecule has 0 saturated carbocycles. The Kier molecular flexibility index (Phi) is 26.3. The van der Waals surface area contributed by atoms with Crippen molar-refractivity contribution < 1.29 is 47.8 Å². The van der Waals surface area contributed by atoms with E-state index < -0.39 is 18.2 Å². The summed E-state index contributed by atoms with van der Waals surface area (Å²) in [5.41, 5.74) is 1.20. The van der Waals surface area contributed by atoms with Crippen molar-refractivity contribution in [1.29, 1.82) is 0 Å². The van der Waals surface area contributed by atoms with Crippen LogP contribution in [0.2, 0.25) is 0 Å². The molecule has 12 nitrogen and oxygen atoms in total. The lowest BCUT2D eigenvalue weighted by Crippen LogP contribution is -2.44. The molecule has 0 amide bonds. The molecule has 2 fully saturated rings. The second-order valence-corrected chi connectivity index (χ2v) is 17.8. The minimum absolute atomic E-state index is 0.00128. The van der Waals surface area contributed by atoms with E-state index in [1.54, 1.807) is 19.1 Å². The van der Waals surface area contributed by atoms with Crippen molar-refractivity contribution in [3.8, 4) is 17.2 Å². The lowest BCUT2D eigenvalue weighted by Gasteiger charge is -2.40. The van der Waals surface area contributed by atoms with Gasteiger partial charge in [-0.2, -0.15) is 5.11 Å². The number of aliphatic hydroxyl groups excluding tert-OH is 1. The molecule has 2 aromatic rings. The van der Waals surface area contributed by atoms with E-state index in [1.807, 2.05) is 44.2 Å². The second kappa shape index (κ2) is 31.6. The molecule has 8 atom stereocenters. The van der Waals surface area contributed by atoms with E-state index in [1.165, 1.54) is 44.9 Å². The quantitative estimate of drug-likeness (QED) is 0.0419. The number of benzene rings is 2. The predicted octanol–water partition coefficient (Wildman–Crippen LogP) is 13.4. The van der Waals surface area contributed by atoms with Crippen LogP contribution in [0.1, 0.15) is 183 Å². The fourth-order valence-electron chi connectivity index (χ4n) is 8.31. The van der Waals surface area contributed by atoms with E-state index in [0.29, 0.717) is 49.1 Å². The Bertz CT molecular complexity index is 1560. The van der Waals surface area contributed by atoms with Gasteiger partial charge in [-0.1, -0.05) is 91.4 Å². The Morgan fingerprint density at radius 1 is 0.656 bits per heavy atom. The average Bonchev–Trinajstić information content (AvgIpc) is 3.28. The van der Waals surface area contributed by atoms with Gasteiger partial charge in [-0.15, -0.1) is 5.11 Å². The minimum Gasteiger partial charge on any atom is -0.494 e. The van der Waals surface area contributed by atoms with Crippen molar-refractivity contribution >= 4 is 17.3 Å². The predicted molar refractivity (Wildman–Crippen MR) is 252 cm³/mol. The summed E-state index contributed by atoms with van der Waals surface area (Å²) in [5.74, 6) is 1.47. The molecule has 0 aliphatic carbocycles. The van der Waals surface area contributed by atoms with Crippen LogP contribution in [0.5, 0.6) is 17.2 Å². The summed E-state index contributed by atoms with van der Waals surface area (Å²) >= 11 is 0. The summed E-state index contributed by atoms with van der Waals surface area (Å²) in [6.07, 6.45) is 21.8. The maximum atomic E-state index is 12.4. The van der Waals surface area contributed by atoms with Crippen LogP contribution in [0.3, 0.4) is 0 Å². The van der Waals surface area contributed by atoms with Gasteiger partial charge in [0, 0.05) is 25.3 Å². The summed E-state index contributed by atoms with van der Waals surface area (Å²) in [7, 11) is 0. The first-order valence-electron chi connectivity index (χ1n) is 25.2. The van der Waals surface area contributed by atoms with Crippen molar-refractivity contribution in [2.45, 2.75) is 232 Å². The number of unbranched alkanes of at least 4 members (excludes halogenated alkanes) is 12. The third kappa shape index (κ3) is 21.3. The molecule has 2 aliphatic rings. The monoisotopic (exact) mass is 897 g/mol. The molecule has 2 heterocycles. The molecule has 8 unspecified atom stereocenters. The van der Waals surface area contributed by atoms with Gasteiger partial charge in [0.2, 0.25) is 0 Å². The maximum Gasteiger partial charge on any atom is 0.347 e. The lowest BCUT2D eigenvalue weighted by molar-refractivity contribution is -0.275. The molecular formula is C52H84N2O10. The molecule has 362 valence electrons. The zero-order chi connectivity index (χ0) is 45.8. The molecule has 0 bridgehead atoms. The van der Waals surface area contributed by atoms with Crippen molar-refractivity contribution in [1.82, 2.24) is 0 Å². The van der Waals surface area contributed by atoms with E-state index in [0.717, 1.165) is 95.6 Å². The highest BCUT2D eigenvalue weighted by Crippen LogP contribution is 2.35. The molecule has 0 radical (unpaired) electrons. The summed E-state index contributed by atoms with van der Waals surface area (Å²) in [6, 6.07) is 12.8. The van der Waals surface area contributed by atoms with E-state index in [4.69, 9.17) is 37.9 Å². The Morgan fingerprint density at radius 2 is 1.23 bits per heavy atom. The number of aliphatic hydroxyl groups is 1. The average molecular weight is 897 g/mol. The van der Waals surface area contributed by atoms with Gasteiger partial charge in [-0.05, 0) is 109 Å². The molecule has 0 spiro atoms. The normalized spacial score (nSPS) is 22.3. The zero-order valence-electron chi connectivity index (χ0n) is 40.4. The van der Waals surface area contributed by atoms with Crippen LogP contribution in [-0.2, 0) is 28.5 Å². The smallest absolute Gasteiger partial charge is 0.347 e. The van der Waals surface area contributed by atoms with Crippen LogP contribution < -0.4 is 14.2 Å². The number of carbonyl (C=O) groups excluding carboxylic acids is 1. The minimum atomic E-state index is -0.762. The zero-order valence-corrected chi connectivity index (χ0v) is 40.4. The van der Waals surface area contributed by atoms with Crippen LogP contribution in [0.15, 0.2) is 52.7 Å². The number of hydrogen-bond donors (Lipinski definition) is 1. The Balaban J connectivity index is 1.16. The van der Waals surface area contributed by atoms with Gasteiger partial charge in [0.05, 0.1) is 56.0 Å². The largest absolute Gasteiger partial charge is 0.494 e. The first kappa shape index (κ1) is 53.3. The van der Waals surface area contributed by atoms with E-state index in [-0.39, 0.29) is 37.0 Å². The standard InChI is InChI=1S/C52H84N2O10/c1-7-11-13-18-21-24-50-61-42(9-3)35-46(63-50)37-47-36-45(34-39(5)55)62-51(64-47)25-22-19-16-14-15-17-20-23-33-58-49-31-30-44(60-40(6)52(56)59-32-12-8-2)38-48(49)54-53-41-26-28-43(29-27-41)57-10-4/h26-31,38-40,42,45-47,50-51,55H,7-25,32-37H2,1-6H3. The number of carbonyl (C=O) groups is 1. The number of azo groups is 1. The first-order valence-corrected chi connectivity index (χ1v) is 25.2. The number of esters is 1. The molecule has 2 saturated heterocycles. The van der Waals surface area contributed by atoms with Crippen molar-refractivity contribution in [3.05, 3.63) is 42.5 Å². The summed E-state index contributed by atoms with van der Waals surface area (Å²) < 4.78 is 48.8. The maximum absolute atomic E-state index is 12.4. The van der Waals surface area contributed by atoms with Crippen molar-refractivity contribution in [2.24, 2.45) is 10.2 Å². The molecule has 12 heteroatoms. The highest BCUT2D eigenvalue weighted by atomic mass is 16.7. The van der Waals surface area contributed by atoms with Gasteiger partial charge in [-0.3, -0.25) is 0 Å². The number of rotatable bonds is 33. The van der Waals surface area contributed by atoms with Gasteiger partial charge in [0.15, 0.2) is 18.7 Å². The Labute approximate surface area is 385 Å². The highest BCUT2D eigenvalue weighted by Gasteiger charge is 2.36. The third-order valence-corrected chi connectivity index (χ3v) is 11.9. The molecule has 2 aromatic carbocycles. The highest BCUT2D eigenvalue weighted by molar-refractivity contribution is 5.74. The number of ether oxygens (including phenoxy) is 8. The summed E-state index contributed by atoms with van der Waals surface area (Å²) in [5, 5.41) is 19.2. The van der Waals surface area contributed by atoms with Gasteiger partial charge < -0.3 is 43.0 Å². The molecule has 0 aromatic heterocycles. The van der Waals surface area contributed by atoms with Crippen LogP contribution in [0, 0.1) is 0 Å². The van der Waals surface area contributed by atoms with Gasteiger partial charge in [0.25, 0.3) is 0 Å². The van der Waals surface area contributed by atoms with Gasteiger partial charge in [-0.25, -0.2) is 4.79 Å². The van der Waals surface area contributed by atoms with Gasteiger partial charge in [0.1, 0.15) is 22.9 Å². The Morgan fingerprint density at radius 3 is 1.86 bits per heavy atom. The fraction of sp³-hybridized carbons (Fsp3) is 0.750. The van der Waals surface area contributed by atoms with Crippen molar-refractivity contribution in [3.63, 3.8) is 0 Å². The van der Waals surface area contributed by atoms with E-state index >= 15 is 0 Å². The van der Waals surface area contributed by atoms with Crippen LogP contribution in [0.25, 0.3) is 0 Å². The number of hydrogen-bond acceptors (Lipinski definition) is 12. The second-order valence-electron chi connectivity index (χ2n) is 17.8. The molecule has 4 rings (SSSR count). The summed E-state index contributed by atoms with van der Waals surface area (Å²) in [4.78, 5) is 12.4. The third-order valence-electron chi connectivity index (χ3n) is 11.9. The molecule has 64 heavy (non-hydrogen) atoms. The first-order chi connectivity index (χ1) is 31.2. The molecule has 1 N–H and O–H groups in total. The van der Waals surface area contributed by atoms with Gasteiger partial charge >= 0.3 is 5.97 Å². The lowest BCUT2D eigenvalue weighted by atomic mass is 9.96. The van der Waals surface area contributed by atoms with E-state index in [2.05, 4.69) is 31.0 Å². The molecule has 2 aliphatic heterocycles. The van der Waals surface area contributed by atoms with Crippen LogP contribution in [-0.4, -0.2) is 80.1 Å². The SMILES string of the molecule is CCCCCCCC1OC(CC)CC(CC2CC(CC(C)O)OC(CCCCCCCCCCOc3ccc(OC(C)C(=O)OCCCC)cc3N=Nc3ccc(OCC)cc3)O2)O1. The van der Waals surface area contributed by atoms with Crippen molar-refractivity contribution in [2.75, 3.05) is 19.8 Å². The Hall–Kier alpha value is -3.29. The van der Waals surface area contributed by atoms with E-state index in [9.17, 15) is 9.90 Å². The van der Waals surface area contributed by atoms with Crippen LogP contribution in [0.4, 0.5) is 11.4 Å². The van der Waals surface area contributed by atoms with Crippen LogP contribution >= 0.6 is 0 Å². The summed E-state index contributed by atoms with van der Waals surface area (Å²) in [6.45, 7) is 13.5.